The maximum absolute atomic E-state index is 12.5. The number of alkyl carbamates (subject to hydrolysis) is 1. The highest BCUT2D eigenvalue weighted by atomic mass is 16.5. The van der Waals surface area contributed by atoms with Gasteiger partial charge in [-0.2, -0.15) is 5.26 Å². The number of rotatable bonds is 5. The first-order chi connectivity index (χ1) is 14.6. The van der Waals surface area contributed by atoms with Crippen LogP contribution in [-0.4, -0.2) is 29.8 Å². The molecular weight excluding hydrogens is 380 g/mol. The summed E-state index contributed by atoms with van der Waals surface area (Å²) in [6.07, 6.45) is 2.28. The number of ether oxygens (including phenoxy) is 1. The molecule has 1 amide bonds. The van der Waals surface area contributed by atoms with Gasteiger partial charge in [-0.05, 0) is 35.1 Å². The second-order valence-electron chi connectivity index (χ2n) is 7.97. The van der Waals surface area contributed by atoms with Crippen LogP contribution in [0, 0.1) is 23.2 Å². The standard InChI is InChI=1S/C24H24N2O4/c25-13-15-7-1-2-8-16(15)22(23(27)28)26-24(29)30-14-21-19-11-5-3-9-17(19)18-10-4-6-12-20(18)21/h3-6,9-12,15-16,21-22H,1-2,7-8,14H2,(H,26,29)(H,27,28). The number of nitrogens with one attached hydrogen (secondary N) is 1. The average Bonchev–Trinajstić information content (AvgIpc) is 3.09. The maximum atomic E-state index is 12.5. The van der Waals surface area contributed by atoms with E-state index in [2.05, 4.69) is 23.5 Å². The molecule has 0 bridgehead atoms. The van der Waals surface area contributed by atoms with Crippen LogP contribution < -0.4 is 5.32 Å². The number of carbonyl (C=O) groups excluding carboxylic acids is 1. The van der Waals surface area contributed by atoms with E-state index in [9.17, 15) is 20.0 Å². The number of benzene rings is 2. The van der Waals surface area contributed by atoms with Gasteiger partial charge in [0.1, 0.15) is 12.6 Å². The Morgan fingerprint density at radius 1 is 1.07 bits per heavy atom. The first kappa shape index (κ1) is 20.0. The number of nitriles is 1. The zero-order valence-electron chi connectivity index (χ0n) is 16.6. The Balaban J connectivity index is 1.46. The van der Waals surface area contributed by atoms with E-state index in [4.69, 9.17) is 4.74 Å². The summed E-state index contributed by atoms with van der Waals surface area (Å²) in [6, 6.07) is 17.1. The highest BCUT2D eigenvalue weighted by Crippen LogP contribution is 2.44. The summed E-state index contributed by atoms with van der Waals surface area (Å²) in [7, 11) is 0. The second-order valence-corrected chi connectivity index (χ2v) is 7.97. The van der Waals surface area contributed by atoms with Gasteiger partial charge in [-0.3, -0.25) is 0 Å². The molecule has 0 aromatic heterocycles. The van der Waals surface area contributed by atoms with Crippen molar-refractivity contribution in [3.63, 3.8) is 0 Å². The molecule has 2 N–H and O–H groups in total. The summed E-state index contributed by atoms with van der Waals surface area (Å²) < 4.78 is 5.48. The molecule has 2 aromatic rings. The van der Waals surface area contributed by atoms with Crippen molar-refractivity contribution in [3.8, 4) is 17.2 Å². The van der Waals surface area contributed by atoms with E-state index in [-0.39, 0.29) is 18.4 Å². The summed E-state index contributed by atoms with van der Waals surface area (Å²) in [5, 5.41) is 21.5. The van der Waals surface area contributed by atoms with E-state index in [1.165, 1.54) is 0 Å². The Morgan fingerprint density at radius 2 is 1.67 bits per heavy atom. The summed E-state index contributed by atoms with van der Waals surface area (Å²) in [5.41, 5.74) is 4.45. The molecule has 154 valence electrons. The minimum Gasteiger partial charge on any atom is -0.480 e. The number of hydrogen-bond acceptors (Lipinski definition) is 4. The Hall–Kier alpha value is -3.33. The van der Waals surface area contributed by atoms with Gasteiger partial charge >= 0.3 is 12.1 Å². The van der Waals surface area contributed by atoms with E-state index >= 15 is 0 Å². The third-order valence-corrected chi connectivity index (χ3v) is 6.30. The summed E-state index contributed by atoms with van der Waals surface area (Å²) in [5.74, 6) is -1.99. The van der Waals surface area contributed by atoms with Crippen LogP contribution in [0.4, 0.5) is 4.79 Å². The summed E-state index contributed by atoms with van der Waals surface area (Å²) in [4.78, 5) is 24.3. The minimum absolute atomic E-state index is 0.0898. The molecule has 2 aromatic carbocycles. The third-order valence-electron chi connectivity index (χ3n) is 6.30. The zero-order valence-corrected chi connectivity index (χ0v) is 16.6. The number of aliphatic carboxylic acids is 1. The Bertz CT molecular complexity index is 951. The number of carboxylic acids is 1. The van der Waals surface area contributed by atoms with Crippen LogP contribution >= 0.6 is 0 Å². The molecule has 6 nitrogen and oxygen atoms in total. The molecule has 1 saturated carbocycles. The van der Waals surface area contributed by atoms with Gasteiger partial charge in [0.25, 0.3) is 0 Å². The van der Waals surface area contributed by atoms with E-state index in [1.54, 1.807) is 0 Å². The molecule has 0 radical (unpaired) electrons. The van der Waals surface area contributed by atoms with Gasteiger partial charge in [-0.1, -0.05) is 61.4 Å². The maximum Gasteiger partial charge on any atom is 0.407 e. The molecule has 0 saturated heterocycles. The van der Waals surface area contributed by atoms with Gasteiger partial charge in [0, 0.05) is 11.8 Å². The van der Waals surface area contributed by atoms with Crippen LogP contribution in [0.3, 0.4) is 0 Å². The van der Waals surface area contributed by atoms with E-state index < -0.39 is 24.0 Å². The van der Waals surface area contributed by atoms with Crippen molar-refractivity contribution in [1.29, 1.82) is 5.26 Å². The smallest absolute Gasteiger partial charge is 0.407 e. The van der Waals surface area contributed by atoms with Gasteiger partial charge < -0.3 is 15.2 Å². The van der Waals surface area contributed by atoms with Crippen molar-refractivity contribution in [2.24, 2.45) is 11.8 Å². The monoisotopic (exact) mass is 404 g/mol. The Labute approximate surface area is 175 Å². The van der Waals surface area contributed by atoms with Crippen LogP contribution in [0.15, 0.2) is 48.5 Å². The number of fused-ring (bicyclic) bond motifs is 3. The van der Waals surface area contributed by atoms with Crippen LogP contribution in [0.25, 0.3) is 11.1 Å². The Morgan fingerprint density at radius 3 is 2.27 bits per heavy atom. The molecular formula is C24H24N2O4. The van der Waals surface area contributed by atoms with Crippen molar-refractivity contribution in [3.05, 3.63) is 59.7 Å². The fourth-order valence-corrected chi connectivity index (χ4v) is 4.84. The van der Waals surface area contributed by atoms with Gasteiger partial charge in [-0.15, -0.1) is 0 Å². The lowest BCUT2D eigenvalue weighted by molar-refractivity contribution is -0.141. The predicted octanol–water partition coefficient (Wildman–Crippen LogP) is 4.31. The van der Waals surface area contributed by atoms with Crippen LogP contribution in [0.1, 0.15) is 42.7 Å². The summed E-state index contributed by atoms with van der Waals surface area (Å²) in [6.45, 7) is 0.124. The quantitative estimate of drug-likeness (QED) is 0.774. The number of amides is 1. The van der Waals surface area contributed by atoms with E-state index in [1.807, 2.05) is 36.4 Å². The molecule has 6 heteroatoms. The Kier molecular flexibility index (Phi) is 5.71. The molecule has 4 rings (SSSR count). The van der Waals surface area contributed by atoms with Crippen LogP contribution in [-0.2, 0) is 9.53 Å². The molecule has 3 atom stereocenters. The lowest BCUT2D eigenvalue weighted by atomic mass is 9.76. The SMILES string of the molecule is N#CC1CCCCC1C(NC(=O)OCC1c2ccccc2-c2ccccc21)C(=O)O. The van der Waals surface area contributed by atoms with Gasteiger partial charge in [-0.25, -0.2) is 9.59 Å². The number of nitrogens with zero attached hydrogens (tertiary/aromatic N) is 1. The highest BCUT2D eigenvalue weighted by molar-refractivity contribution is 5.81. The molecule has 0 aliphatic heterocycles. The lowest BCUT2D eigenvalue weighted by Gasteiger charge is -2.31. The van der Waals surface area contributed by atoms with Crippen LogP contribution in [0.2, 0.25) is 0 Å². The largest absolute Gasteiger partial charge is 0.480 e. The number of carboxylic acid groups (broad SMARTS) is 1. The minimum atomic E-state index is -1.13. The lowest BCUT2D eigenvalue weighted by Crippen LogP contribution is -2.49. The van der Waals surface area contributed by atoms with Gasteiger partial charge in [0.2, 0.25) is 0 Å². The zero-order chi connectivity index (χ0) is 21.1. The normalized spacial score (nSPS) is 21.0. The van der Waals surface area contributed by atoms with Gasteiger partial charge in [0.05, 0.1) is 12.0 Å². The molecule has 2 aliphatic carbocycles. The molecule has 2 aliphatic rings. The topological polar surface area (TPSA) is 99.4 Å². The first-order valence-electron chi connectivity index (χ1n) is 10.3. The van der Waals surface area contributed by atoms with Crippen molar-refractivity contribution in [2.45, 2.75) is 37.6 Å². The first-order valence-corrected chi connectivity index (χ1v) is 10.3. The molecule has 0 heterocycles. The third kappa shape index (κ3) is 3.76. The van der Waals surface area contributed by atoms with E-state index in [0.717, 1.165) is 35.1 Å². The molecule has 30 heavy (non-hydrogen) atoms. The average molecular weight is 404 g/mol. The molecule has 3 unspecified atom stereocenters. The summed E-state index contributed by atoms with van der Waals surface area (Å²) >= 11 is 0. The highest BCUT2D eigenvalue weighted by Gasteiger charge is 2.38. The van der Waals surface area contributed by atoms with Crippen molar-refractivity contribution < 1.29 is 19.4 Å². The van der Waals surface area contributed by atoms with Crippen molar-refractivity contribution in [2.75, 3.05) is 6.61 Å². The molecule has 0 spiro atoms. The van der Waals surface area contributed by atoms with Gasteiger partial charge in [0.15, 0.2) is 0 Å². The number of carbonyl (C=O) groups is 2. The second kappa shape index (κ2) is 8.58. The fourth-order valence-electron chi connectivity index (χ4n) is 4.84. The number of hydrogen-bond donors (Lipinski definition) is 2. The fraction of sp³-hybridized carbons (Fsp3) is 0.375. The molecule has 1 fully saturated rings. The predicted molar refractivity (Wildman–Crippen MR) is 111 cm³/mol. The van der Waals surface area contributed by atoms with Crippen molar-refractivity contribution in [1.82, 2.24) is 5.32 Å². The van der Waals surface area contributed by atoms with Crippen LogP contribution in [0.5, 0.6) is 0 Å². The van der Waals surface area contributed by atoms with Crippen molar-refractivity contribution >= 4 is 12.1 Å². The van der Waals surface area contributed by atoms with E-state index in [0.29, 0.717) is 12.8 Å².